The molecule has 1 saturated heterocycles. The fourth-order valence-corrected chi connectivity index (χ4v) is 3.54. The third-order valence-electron chi connectivity index (χ3n) is 3.47. The van der Waals surface area contributed by atoms with Crippen LogP contribution >= 0.6 is 11.8 Å². The first-order chi connectivity index (χ1) is 9.70. The van der Waals surface area contributed by atoms with Crippen molar-refractivity contribution in [3.63, 3.8) is 0 Å². The third-order valence-corrected chi connectivity index (χ3v) is 4.79. The molecule has 4 nitrogen and oxygen atoms in total. The predicted octanol–water partition coefficient (Wildman–Crippen LogP) is 2.69. The average molecular weight is 288 g/mol. The quantitative estimate of drug-likeness (QED) is 0.871. The Hall–Kier alpha value is -1.88. The van der Waals surface area contributed by atoms with Gasteiger partial charge in [-0.05, 0) is 18.2 Å². The minimum Gasteiger partial charge on any atom is -0.495 e. The Morgan fingerprint density at radius 3 is 2.80 bits per heavy atom. The Labute approximate surface area is 122 Å². The molecule has 2 heterocycles. The number of methoxy groups -OCH3 is 1. The Balaban J connectivity index is 1.92. The van der Waals surface area contributed by atoms with Crippen LogP contribution in [0.4, 0.5) is 0 Å². The van der Waals surface area contributed by atoms with E-state index >= 15 is 0 Å². The fraction of sp³-hybridized carbons (Fsp3) is 0.267. The molecular formula is C15H16N2O2S. The van der Waals surface area contributed by atoms with Crippen LogP contribution in [0.5, 0.6) is 5.75 Å². The highest BCUT2D eigenvalue weighted by Gasteiger charge is 2.30. The van der Waals surface area contributed by atoms with Gasteiger partial charge in [-0.2, -0.15) is 0 Å². The summed E-state index contributed by atoms with van der Waals surface area (Å²) in [6.07, 6.45) is 4.06. The fourth-order valence-electron chi connectivity index (χ4n) is 2.37. The van der Waals surface area contributed by atoms with Crippen molar-refractivity contribution in [1.82, 2.24) is 9.47 Å². The van der Waals surface area contributed by atoms with E-state index in [2.05, 4.69) is 12.3 Å². The summed E-state index contributed by atoms with van der Waals surface area (Å²) in [6.45, 7) is 0. The van der Waals surface area contributed by atoms with Crippen molar-refractivity contribution < 1.29 is 9.53 Å². The van der Waals surface area contributed by atoms with Crippen molar-refractivity contribution in [2.75, 3.05) is 19.9 Å². The second kappa shape index (κ2) is 5.25. The predicted molar refractivity (Wildman–Crippen MR) is 80.3 cm³/mol. The second-order valence-electron chi connectivity index (χ2n) is 4.69. The first kappa shape index (κ1) is 13.1. The van der Waals surface area contributed by atoms with Crippen molar-refractivity contribution >= 4 is 17.7 Å². The van der Waals surface area contributed by atoms with Crippen LogP contribution in [0.2, 0.25) is 0 Å². The lowest BCUT2D eigenvalue weighted by Gasteiger charge is -2.17. The summed E-state index contributed by atoms with van der Waals surface area (Å²) in [7, 11) is 3.52. The van der Waals surface area contributed by atoms with Gasteiger partial charge in [-0.15, -0.1) is 11.8 Å². The Morgan fingerprint density at radius 1 is 1.30 bits per heavy atom. The number of amides is 1. The van der Waals surface area contributed by atoms with Gasteiger partial charge in [-0.3, -0.25) is 4.79 Å². The lowest BCUT2D eigenvalue weighted by atomic mass is 10.3. The molecule has 1 aromatic heterocycles. The first-order valence-corrected chi connectivity index (χ1v) is 7.44. The number of hydrogen-bond acceptors (Lipinski definition) is 3. The number of nitrogens with zero attached hydrogens (tertiary/aromatic N) is 2. The molecule has 3 rings (SSSR count). The van der Waals surface area contributed by atoms with Gasteiger partial charge < -0.3 is 14.2 Å². The molecule has 0 radical (unpaired) electrons. The monoisotopic (exact) mass is 288 g/mol. The van der Waals surface area contributed by atoms with Crippen LogP contribution in [-0.4, -0.2) is 35.3 Å². The van der Waals surface area contributed by atoms with Crippen molar-refractivity contribution in [3.8, 4) is 11.4 Å². The van der Waals surface area contributed by atoms with Crippen LogP contribution in [0.15, 0.2) is 42.7 Å². The zero-order valence-electron chi connectivity index (χ0n) is 11.4. The Kier molecular flexibility index (Phi) is 3.44. The number of para-hydroxylation sites is 2. The topological polar surface area (TPSA) is 34.5 Å². The molecule has 1 aliphatic rings. The molecule has 0 bridgehead atoms. The number of rotatable bonds is 3. The van der Waals surface area contributed by atoms with E-state index in [1.165, 1.54) is 0 Å². The van der Waals surface area contributed by atoms with Crippen LogP contribution in [0, 0.1) is 0 Å². The molecule has 5 heteroatoms. The highest BCUT2D eigenvalue weighted by molar-refractivity contribution is 8.00. The van der Waals surface area contributed by atoms with Crippen molar-refractivity contribution in [3.05, 3.63) is 48.3 Å². The molecule has 1 aliphatic heterocycles. The van der Waals surface area contributed by atoms with Gasteiger partial charge in [0.15, 0.2) is 0 Å². The van der Waals surface area contributed by atoms with Crippen LogP contribution in [-0.2, 0) is 4.79 Å². The number of hydrogen-bond donors (Lipinski definition) is 0. The normalized spacial score (nSPS) is 18.6. The molecule has 1 aromatic carbocycles. The van der Waals surface area contributed by atoms with Gasteiger partial charge in [0.05, 0.1) is 18.6 Å². The maximum atomic E-state index is 11.6. The summed E-state index contributed by atoms with van der Waals surface area (Å²) in [6, 6.07) is 9.94. The molecule has 1 amide bonds. The van der Waals surface area contributed by atoms with Gasteiger partial charge in [0, 0.05) is 25.0 Å². The molecule has 2 aromatic rings. The number of thioether (sulfide) groups is 1. The lowest BCUT2D eigenvalue weighted by molar-refractivity contribution is -0.126. The van der Waals surface area contributed by atoms with E-state index in [9.17, 15) is 4.79 Å². The van der Waals surface area contributed by atoms with Gasteiger partial charge in [0.1, 0.15) is 11.1 Å². The van der Waals surface area contributed by atoms with E-state index < -0.39 is 0 Å². The smallest absolute Gasteiger partial charge is 0.233 e. The highest BCUT2D eigenvalue weighted by atomic mass is 32.2. The van der Waals surface area contributed by atoms with Gasteiger partial charge in [-0.25, -0.2) is 0 Å². The lowest BCUT2D eigenvalue weighted by Crippen LogP contribution is -2.22. The summed E-state index contributed by atoms with van der Waals surface area (Å²) in [5, 5.41) is 0.110. The zero-order chi connectivity index (χ0) is 14.1. The number of benzene rings is 1. The molecule has 1 unspecified atom stereocenters. The van der Waals surface area contributed by atoms with E-state index in [1.807, 2.05) is 42.1 Å². The van der Waals surface area contributed by atoms with Crippen LogP contribution in [0.1, 0.15) is 10.9 Å². The molecule has 1 fully saturated rings. The summed E-state index contributed by atoms with van der Waals surface area (Å²) >= 11 is 1.66. The highest BCUT2D eigenvalue weighted by Crippen LogP contribution is 2.38. The Bertz CT molecular complexity index is 638. The average Bonchev–Trinajstić information content (AvgIpc) is 3.07. The molecule has 20 heavy (non-hydrogen) atoms. The minimum atomic E-state index is 0.110. The van der Waals surface area contributed by atoms with E-state index in [-0.39, 0.29) is 11.3 Å². The Morgan fingerprint density at radius 2 is 2.10 bits per heavy atom. The number of ether oxygens (including phenoxy) is 1. The van der Waals surface area contributed by atoms with E-state index in [1.54, 1.807) is 23.8 Å². The van der Waals surface area contributed by atoms with Gasteiger partial charge in [0.2, 0.25) is 5.91 Å². The number of carbonyl (C=O) groups excluding carboxylic acids is 1. The summed E-state index contributed by atoms with van der Waals surface area (Å²) in [5.74, 6) is 1.57. The van der Waals surface area contributed by atoms with Crippen LogP contribution < -0.4 is 4.74 Å². The van der Waals surface area contributed by atoms with Crippen molar-refractivity contribution in [1.29, 1.82) is 0 Å². The molecule has 0 N–H and O–H groups in total. The van der Waals surface area contributed by atoms with E-state index in [4.69, 9.17) is 4.74 Å². The molecule has 1 atom stereocenters. The second-order valence-corrected chi connectivity index (χ2v) is 5.76. The molecule has 0 aliphatic carbocycles. The largest absolute Gasteiger partial charge is 0.495 e. The third kappa shape index (κ3) is 2.18. The molecule has 0 saturated carbocycles. The van der Waals surface area contributed by atoms with E-state index in [0.29, 0.717) is 5.75 Å². The standard InChI is InChI=1S/C15H16N2O2S/c1-16-14(18)10-20-15(16)11-7-8-17(9-11)12-5-3-4-6-13(12)19-2/h3-9,15H,10H2,1-2H3. The van der Waals surface area contributed by atoms with Crippen LogP contribution in [0.25, 0.3) is 5.69 Å². The van der Waals surface area contributed by atoms with Crippen molar-refractivity contribution in [2.45, 2.75) is 5.37 Å². The molecule has 104 valence electrons. The minimum absolute atomic E-state index is 0.110. The van der Waals surface area contributed by atoms with Crippen molar-refractivity contribution in [2.24, 2.45) is 0 Å². The zero-order valence-corrected chi connectivity index (χ0v) is 12.3. The first-order valence-electron chi connectivity index (χ1n) is 6.39. The van der Waals surface area contributed by atoms with Gasteiger partial charge in [-0.1, -0.05) is 12.1 Å². The number of carbonyl (C=O) groups is 1. The molecular weight excluding hydrogens is 272 g/mol. The summed E-state index contributed by atoms with van der Waals surface area (Å²) in [4.78, 5) is 13.4. The van der Waals surface area contributed by atoms with E-state index in [0.717, 1.165) is 17.0 Å². The summed E-state index contributed by atoms with van der Waals surface area (Å²) in [5.41, 5.74) is 2.13. The summed E-state index contributed by atoms with van der Waals surface area (Å²) < 4.78 is 7.42. The van der Waals surface area contributed by atoms with Crippen LogP contribution in [0.3, 0.4) is 0 Å². The maximum absolute atomic E-state index is 11.6. The SMILES string of the molecule is COc1ccccc1-n1ccc(C2SCC(=O)N2C)c1. The maximum Gasteiger partial charge on any atom is 0.233 e. The number of aromatic nitrogens is 1. The van der Waals surface area contributed by atoms with Gasteiger partial charge >= 0.3 is 0 Å². The molecule has 0 spiro atoms. The van der Waals surface area contributed by atoms with Gasteiger partial charge in [0.25, 0.3) is 0 Å².